The van der Waals surface area contributed by atoms with Gasteiger partial charge >= 0.3 is 5.97 Å². The molecule has 1 heterocycles. The summed E-state index contributed by atoms with van der Waals surface area (Å²) in [4.78, 5) is 10.8. The summed E-state index contributed by atoms with van der Waals surface area (Å²) >= 11 is 0. The number of aromatic carboxylic acids is 1. The summed E-state index contributed by atoms with van der Waals surface area (Å²) in [5, 5.41) is 8.83. The third-order valence-electron chi connectivity index (χ3n) is 2.42. The molecule has 0 aromatic carbocycles. The van der Waals surface area contributed by atoms with Crippen molar-refractivity contribution in [2.45, 2.75) is 39.4 Å². The van der Waals surface area contributed by atoms with Crippen LogP contribution in [0.25, 0.3) is 0 Å². The third-order valence-corrected chi connectivity index (χ3v) is 2.42. The Hall–Kier alpha value is -1.29. The molecule has 1 rings (SSSR count). The minimum absolute atomic E-state index is 0.168. The van der Waals surface area contributed by atoms with E-state index < -0.39 is 5.97 Å². The van der Waals surface area contributed by atoms with Crippen LogP contribution in [0.5, 0.6) is 0 Å². The lowest BCUT2D eigenvalue weighted by atomic mass is 10.1. The van der Waals surface area contributed by atoms with Crippen molar-refractivity contribution in [1.29, 1.82) is 0 Å². The number of hydrogen-bond donors (Lipinski definition) is 1. The van der Waals surface area contributed by atoms with Gasteiger partial charge in [-0.05, 0) is 26.3 Å². The number of rotatable bonds is 5. The van der Waals surface area contributed by atoms with Gasteiger partial charge in [0.25, 0.3) is 0 Å². The molecule has 15 heavy (non-hydrogen) atoms. The maximum atomic E-state index is 10.8. The largest absolute Gasteiger partial charge is 0.478 e. The van der Waals surface area contributed by atoms with Crippen LogP contribution in [0.1, 0.15) is 43.3 Å². The maximum Gasteiger partial charge on any atom is 0.339 e. The molecule has 84 valence electrons. The van der Waals surface area contributed by atoms with Gasteiger partial charge in [0.1, 0.15) is 17.9 Å². The molecule has 0 amide bonds. The van der Waals surface area contributed by atoms with Gasteiger partial charge in [0.05, 0.1) is 11.9 Å². The summed E-state index contributed by atoms with van der Waals surface area (Å²) < 4.78 is 10.6. The highest BCUT2D eigenvalue weighted by Gasteiger charge is 2.19. The second-order valence-electron chi connectivity index (χ2n) is 3.96. The zero-order valence-corrected chi connectivity index (χ0v) is 9.24. The normalized spacial score (nSPS) is 11.7. The van der Waals surface area contributed by atoms with Gasteiger partial charge < -0.3 is 14.3 Å². The van der Waals surface area contributed by atoms with Crippen molar-refractivity contribution in [3.05, 3.63) is 23.7 Å². The van der Waals surface area contributed by atoms with Crippen LogP contribution in [0.2, 0.25) is 0 Å². The number of furan rings is 1. The van der Waals surface area contributed by atoms with E-state index in [9.17, 15) is 4.79 Å². The quantitative estimate of drug-likeness (QED) is 0.815. The molecular formula is C11H16O4. The van der Waals surface area contributed by atoms with Gasteiger partial charge in [-0.25, -0.2) is 4.79 Å². The minimum Gasteiger partial charge on any atom is -0.478 e. The lowest BCUT2D eigenvalue weighted by molar-refractivity contribution is -0.0387. The molecule has 0 atom stereocenters. The van der Waals surface area contributed by atoms with Gasteiger partial charge in [-0.2, -0.15) is 0 Å². The van der Waals surface area contributed by atoms with Crippen molar-refractivity contribution in [3.63, 3.8) is 0 Å². The summed E-state index contributed by atoms with van der Waals surface area (Å²) in [5.41, 5.74) is -0.0929. The Bertz CT molecular complexity index is 338. The number of ether oxygens (including phenoxy) is 1. The molecule has 0 spiro atoms. The molecule has 0 aliphatic heterocycles. The molecule has 0 bridgehead atoms. The number of carboxylic acids is 1. The average molecular weight is 212 g/mol. The van der Waals surface area contributed by atoms with Crippen molar-refractivity contribution < 1.29 is 19.1 Å². The van der Waals surface area contributed by atoms with Crippen LogP contribution < -0.4 is 0 Å². The minimum atomic E-state index is -0.989. The number of carboxylic acid groups (broad SMARTS) is 1. The zero-order chi connectivity index (χ0) is 11.5. The highest BCUT2D eigenvalue weighted by molar-refractivity contribution is 5.88. The Labute approximate surface area is 88.8 Å². The fourth-order valence-corrected chi connectivity index (χ4v) is 1.01. The Morgan fingerprint density at radius 2 is 2.27 bits per heavy atom. The standard InChI is InChI=1S/C11H16O4/c1-4-11(2,3)15-7-9-8(10(12)13)5-6-14-9/h5-6H,4,7H2,1-3H3,(H,12,13). The monoisotopic (exact) mass is 212 g/mol. The SMILES string of the molecule is CCC(C)(C)OCc1occc1C(=O)O. The number of carbonyl (C=O) groups is 1. The Kier molecular flexibility index (Phi) is 3.52. The molecule has 0 aliphatic carbocycles. The van der Waals surface area contributed by atoms with Crippen LogP contribution in [-0.2, 0) is 11.3 Å². The molecule has 0 unspecified atom stereocenters. The third kappa shape index (κ3) is 3.09. The molecule has 1 aromatic heterocycles. The zero-order valence-electron chi connectivity index (χ0n) is 9.24. The van der Waals surface area contributed by atoms with E-state index in [2.05, 4.69) is 0 Å². The van der Waals surface area contributed by atoms with Crippen molar-refractivity contribution in [2.24, 2.45) is 0 Å². The molecule has 1 aromatic rings. The van der Waals surface area contributed by atoms with Gasteiger partial charge in [-0.15, -0.1) is 0 Å². The van der Waals surface area contributed by atoms with Crippen molar-refractivity contribution in [3.8, 4) is 0 Å². The van der Waals surface area contributed by atoms with Gasteiger partial charge in [-0.1, -0.05) is 6.92 Å². The topological polar surface area (TPSA) is 59.7 Å². The lowest BCUT2D eigenvalue weighted by Gasteiger charge is -2.22. The van der Waals surface area contributed by atoms with Crippen LogP contribution >= 0.6 is 0 Å². The van der Waals surface area contributed by atoms with Crippen molar-refractivity contribution >= 4 is 5.97 Å². The molecule has 0 radical (unpaired) electrons. The first kappa shape index (κ1) is 11.8. The molecule has 4 nitrogen and oxygen atoms in total. The Morgan fingerprint density at radius 1 is 1.60 bits per heavy atom. The van der Waals surface area contributed by atoms with Crippen LogP contribution in [0.4, 0.5) is 0 Å². The van der Waals surface area contributed by atoms with E-state index in [1.165, 1.54) is 12.3 Å². The first-order chi connectivity index (χ1) is 6.96. The van der Waals surface area contributed by atoms with E-state index in [0.29, 0.717) is 5.76 Å². The Balaban J connectivity index is 2.65. The van der Waals surface area contributed by atoms with Crippen LogP contribution in [0.15, 0.2) is 16.7 Å². The van der Waals surface area contributed by atoms with E-state index in [4.69, 9.17) is 14.3 Å². The molecule has 1 N–H and O–H groups in total. The highest BCUT2D eigenvalue weighted by Crippen LogP contribution is 2.19. The van der Waals surface area contributed by atoms with Gasteiger partial charge in [0.2, 0.25) is 0 Å². The van der Waals surface area contributed by atoms with E-state index in [1.807, 2.05) is 20.8 Å². The van der Waals surface area contributed by atoms with E-state index in [1.54, 1.807) is 0 Å². The van der Waals surface area contributed by atoms with Gasteiger partial charge in [-0.3, -0.25) is 0 Å². The fourth-order valence-electron chi connectivity index (χ4n) is 1.01. The van der Waals surface area contributed by atoms with Crippen LogP contribution in [0, 0.1) is 0 Å². The van der Waals surface area contributed by atoms with Gasteiger partial charge in [0.15, 0.2) is 0 Å². The smallest absolute Gasteiger partial charge is 0.339 e. The van der Waals surface area contributed by atoms with E-state index in [0.717, 1.165) is 6.42 Å². The average Bonchev–Trinajstić information content (AvgIpc) is 2.63. The molecule has 0 aliphatic rings. The van der Waals surface area contributed by atoms with E-state index in [-0.39, 0.29) is 17.8 Å². The fraction of sp³-hybridized carbons (Fsp3) is 0.545. The predicted octanol–water partition coefficient (Wildman–Crippen LogP) is 2.68. The summed E-state index contributed by atoms with van der Waals surface area (Å²) in [6, 6.07) is 1.43. The molecule has 0 fully saturated rings. The van der Waals surface area contributed by atoms with Crippen molar-refractivity contribution in [2.75, 3.05) is 0 Å². The summed E-state index contributed by atoms with van der Waals surface area (Å²) in [6.07, 6.45) is 2.22. The maximum absolute atomic E-state index is 10.8. The highest BCUT2D eigenvalue weighted by atomic mass is 16.5. The molecule has 0 saturated heterocycles. The summed E-state index contributed by atoms with van der Waals surface area (Å²) in [7, 11) is 0. The summed E-state index contributed by atoms with van der Waals surface area (Å²) in [5.74, 6) is -0.624. The van der Waals surface area contributed by atoms with Gasteiger partial charge in [0, 0.05) is 0 Å². The second-order valence-corrected chi connectivity index (χ2v) is 3.96. The lowest BCUT2D eigenvalue weighted by Crippen LogP contribution is -2.23. The van der Waals surface area contributed by atoms with Crippen molar-refractivity contribution in [1.82, 2.24) is 0 Å². The van der Waals surface area contributed by atoms with Crippen LogP contribution in [0.3, 0.4) is 0 Å². The predicted molar refractivity (Wildman–Crippen MR) is 54.8 cm³/mol. The first-order valence-corrected chi connectivity index (χ1v) is 4.90. The van der Waals surface area contributed by atoms with Crippen LogP contribution in [-0.4, -0.2) is 16.7 Å². The molecular weight excluding hydrogens is 196 g/mol. The second kappa shape index (κ2) is 4.49. The number of hydrogen-bond acceptors (Lipinski definition) is 3. The summed E-state index contributed by atoms with van der Waals surface area (Å²) in [6.45, 7) is 6.11. The molecule has 4 heteroatoms. The van der Waals surface area contributed by atoms with E-state index >= 15 is 0 Å². The Morgan fingerprint density at radius 3 is 2.80 bits per heavy atom. The first-order valence-electron chi connectivity index (χ1n) is 4.90. The molecule has 0 saturated carbocycles.